The van der Waals surface area contributed by atoms with Crippen molar-refractivity contribution < 1.29 is 4.57 Å². The second-order valence-electron chi connectivity index (χ2n) is 2.79. The molecule has 0 unspecified atom stereocenters. The van der Waals surface area contributed by atoms with Crippen LogP contribution in [0.15, 0.2) is 18.6 Å². The zero-order valence-corrected chi connectivity index (χ0v) is 7.25. The predicted octanol–water partition coefficient (Wildman–Crippen LogP) is 1.48. The molecule has 0 spiro atoms. The van der Waals surface area contributed by atoms with Crippen LogP contribution in [0.2, 0.25) is 0 Å². The van der Waals surface area contributed by atoms with E-state index >= 15 is 0 Å². The lowest BCUT2D eigenvalue weighted by atomic mass is 10.3. The van der Waals surface area contributed by atoms with Gasteiger partial charge in [-0.2, -0.15) is 0 Å². The average molecular weight is 151 g/mol. The Labute approximate surface area is 67.9 Å². The Morgan fingerprint density at radius 2 is 2.36 bits per heavy atom. The van der Waals surface area contributed by atoms with Crippen molar-refractivity contribution in [2.45, 2.75) is 33.2 Å². The van der Waals surface area contributed by atoms with E-state index in [-0.39, 0.29) is 0 Å². The van der Waals surface area contributed by atoms with E-state index in [9.17, 15) is 0 Å². The standard InChI is InChI=1S/C9H15N2/c1-3-4-6-11-7-5-10-9(2)8-11/h5,7-8H,3-4,6H2,1-2H3/q+1. The Morgan fingerprint density at radius 1 is 1.55 bits per heavy atom. The van der Waals surface area contributed by atoms with E-state index in [1.54, 1.807) is 0 Å². The monoisotopic (exact) mass is 151 g/mol. The molecule has 0 radical (unpaired) electrons. The van der Waals surface area contributed by atoms with E-state index in [2.05, 4.69) is 22.7 Å². The first kappa shape index (κ1) is 8.18. The fourth-order valence-corrected chi connectivity index (χ4v) is 1.03. The predicted molar refractivity (Wildman–Crippen MR) is 44.1 cm³/mol. The maximum Gasteiger partial charge on any atom is 0.190 e. The minimum atomic E-state index is 1.09. The molecule has 1 aromatic rings. The van der Waals surface area contributed by atoms with Gasteiger partial charge in [-0.25, -0.2) is 9.55 Å². The number of aromatic nitrogens is 2. The molecule has 0 aliphatic carbocycles. The number of nitrogens with zero attached hydrogens (tertiary/aromatic N) is 2. The van der Waals surface area contributed by atoms with Crippen LogP contribution in [0.25, 0.3) is 0 Å². The number of rotatable bonds is 3. The molecule has 0 saturated carbocycles. The van der Waals surface area contributed by atoms with Gasteiger partial charge in [-0.1, -0.05) is 13.3 Å². The van der Waals surface area contributed by atoms with Gasteiger partial charge in [0.05, 0.1) is 6.20 Å². The van der Waals surface area contributed by atoms with Gasteiger partial charge in [0.2, 0.25) is 0 Å². The van der Waals surface area contributed by atoms with E-state index < -0.39 is 0 Å². The molecule has 0 aliphatic rings. The molecule has 0 bridgehead atoms. The zero-order valence-electron chi connectivity index (χ0n) is 7.25. The topological polar surface area (TPSA) is 16.8 Å². The van der Waals surface area contributed by atoms with Crippen LogP contribution in [0.1, 0.15) is 25.5 Å². The molecule has 0 amide bonds. The Kier molecular flexibility index (Phi) is 3.02. The lowest BCUT2D eigenvalue weighted by Gasteiger charge is -1.94. The van der Waals surface area contributed by atoms with Crippen LogP contribution in [0.3, 0.4) is 0 Å². The number of aryl methyl sites for hydroxylation is 2. The first-order valence-electron chi connectivity index (χ1n) is 4.14. The number of hydrogen-bond donors (Lipinski definition) is 0. The second-order valence-corrected chi connectivity index (χ2v) is 2.79. The van der Waals surface area contributed by atoms with Crippen molar-refractivity contribution in [3.05, 3.63) is 24.3 Å². The van der Waals surface area contributed by atoms with Crippen molar-refractivity contribution in [2.24, 2.45) is 0 Å². The Hall–Kier alpha value is -0.920. The van der Waals surface area contributed by atoms with Gasteiger partial charge in [0.15, 0.2) is 12.4 Å². The summed E-state index contributed by atoms with van der Waals surface area (Å²) in [5, 5.41) is 0. The largest absolute Gasteiger partial charge is 0.249 e. The van der Waals surface area contributed by atoms with Gasteiger partial charge in [-0.3, -0.25) is 0 Å². The maximum atomic E-state index is 4.13. The molecular weight excluding hydrogens is 136 g/mol. The lowest BCUT2D eigenvalue weighted by Crippen LogP contribution is -2.33. The highest BCUT2D eigenvalue weighted by Crippen LogP contribution is 1.87. The van der Waals surface area contributed by atoms with Crippen LogP contribution in [0.4, 0.5) is 0 Å². The first-order valence-corrected chi connectivity index (χ1v) is 4.14. The summed E-state index contributed by atoms with van der Waals surface area (Å²) in [5.74, 6) is 0. The molecule has 11 heavy (non-hydrogen) atoms. The first-order chi connectivity index (χ1) is 5.33. The molecule has 0 aromatic carbocycles. The third kappa shape index (κ3) is 2.66. The van der Waals surface area contributed by atoms with Crippen molar-refractivity contribution in [1.82, 2.24) is 4.98 Å². The highest BCUT2D eigenvalue weighted by atomic mass is 15.0. The summed E-state index contributed by atoms with van der Waals surface area (Å²) in [4.78, 5) is 4.13. The van der Waals surface area contributed by atoms with Crippen LogP contribution in [0.5, 0.6) is 0 Å². The third-order valence-electron chi connectivity index (χ3n) is 1.66. The van der Waals surface area contributed by atoms with Crippen LogP contribution < -0.4 is 4.57 Å². The Morgan fingerprint density at radius 3 is 3.00 bits per heavy atom. The van der Waals surface area contributed by atoms with Crippen molar-refractivity contribution in [3.63, 3.8) is 0 Å². The van der Waals surface area contributed by atoms with Crippen LogP contribution in [-0.4, -0.2) is 4.98 Å². The fraction of sp³-hybridized carbons (Fsp3) is 0.556. The van der Waals surface area contributed by atoms with Crippen molar-refractivity contribution in [2.75, 3.05) is 0 Å². The van der Waals surface area contributed by atoms with Gasteiger partial charge < -0.3 is 0 Å². The molecule has 2 heteroatoms. The summed E-state index contributed by atoms with van der Waals surface area (Å²) in [7, 11) is 0. The van der Waals surface area contributed by atoms with Gasteiger partial charge in [-0.15, -0.1) is 0 Å². The summed E-state index contributed by atoms with van der Waals surface area (Å²) >= 11 is 0. The summed E-state index contributed by atoms with van der Waals surface area (Å²) < 4.78 is 2.19. The van der Waals surface area contributed by atoms with Gasteiger partial charge >= 0.3 is 0 Å². The molecule has 0 N–H and O–H groups in total. The van der Waals surface area contributed by atoms with Gasteiger partial charge in [0.1, 0.15) is 12.2 Å². The van der Waals surface area contributed by atoms with Crippen LogP contribution >= 0.6 is 0 Å². The highest BCUT2D eigenvalue weighted by molar-refractivity contribution is 4.84. The molecule has 0 atom stereocenters. The molecule has 60 valence electrons. The molecule has 0 fully saturated rings. The summed E-state index contributed by atoms with van der Waals surface area (Å²) in [6.45, 7) is 5.33. The second kappa shape index (κ2) is 4.06. The molecule has 1 rings (SSSR count). The SMILES string of the molecule is CCCC[n+]1ccnc(C)c1. The minimum Gasteiger partial charge on any atom is -0.249 e. The summed E-state index contributed by atoms with van der Waals surface area (Å²) in [6.07, 6.45) is 8.44. The average Bonchev–Trinajstić information content (AvgIpc) is 2.01. The minimum absolute atomic E-state index is 1.09. The number of unbranched alkanes of at least 4 members (excludes halogenated alkanes) is 1. The number of hydrogen-bond acceptors (Lipinski definition) is 1. The molecule has 1 heterocycles. The Bertz CT molecular complexity index is 221. The van der Waals surface area contributed by atoms with Gasteiger partial charge in [0.25, 0.3) is 0 Å². The fourth-order valence-electron chi connectivity index (χ4n) is 1.03. The third-order valence-corrected chi connectivity index (χ3v) is 1.66. The maximum absolute atomic E-state index is 4.13. The van der Waals surface area contributed by atoms with E-state index in [4.69, 9.17) is 0 Å². The Balaban J connectivity index is 2.56. The zero-order chi connectivity index (χ0) is 8.10. The van der Waals surface area contributed by atoms with E-state index in [1.807, 2.05) is 19.3 Å². The van der Waals surface area contributed by atoms with Crippen LogP contribution in [-0.2, 0) is 6.54 Å². The van der Waals surface area contributed by atoms with Gasteiger partial charge in [-0.05, 0) is 6.92 Å². The van der Waals surface area contributed by atoms with E-state index in [0.717, 1.165) is 12.2 Å². The smallest absolute Gasteiger partial charge is 0.190 e. The normalized spacial score (nSPS) is 10.0. The molecule has 1 aromatic heterocycles. The summed E-state index contributed by atoms with van der Waals surface area (Å²) in [5.41, 5.74) is 1.09. The van der Waals surface area contributed by atoms with E-state index in [1.165, 1.54) is 12.8 Å². The molecular formula is C9H15N2+. The summed E-state index contributed by atoms with van der Waals surface area (Å²) in [6, 6.07) is 0. The van der Waals surface area contributed by atoms with Crippen molar-refractivity contribution >= 4 is 0 Å². The molecule has 0 aliphatic heterocycles. The molecule has 0 saturated heterocycles. The van der Waals surface area contributed by atoms with Crippen molar-refractivity contribution in [3.8, 4) is 0 Å². The molecule has 2 nitrogen and oxygen atoms in total. The highest BCUT2D eigenvalue weighted by Gasteiger charge is 1.98. The van der Waals surface area contributed by atoms with Crippen LogP contribution in [0, 0.1) is 6.92 Å². The quantitative estimate of drug-likeness (QED) is 0.598. The van der Waals surface area contributed by atoms with E-state index in [0.29, 0.717) is 0 Å². The van der Waals surface area contributed by atoms with Gasteiger partial charge in [0, 0.05) is 6.42 Å². The lowest BCUT2D eigenvalue weighted by molar-refractivity contribution is -0.698. The van der Waals surface area contributed by atoms with Crippen molar-refractivity contribution in [1.29, 1.82) is 0 Å².